The summed E-state index contributed by atoms with van der Waals surface area (Å²) in [4.78, 5) is 7.93. The molecular weight excluding hydrogens is 180 g/mol. The van der Waals surface area contributed by atoms with Crippen molar-refractivity contribution in [1.82, 2.24) is 9.97 Å². The molecule has 0 unspecified atom stereocenters. The maximum atomic E-state index is 9.44. The molecule has 0 radical (unpaired) electrons. The number of ether oxygens (including phenoxy) is 1. The Bertz CT molecular complexity index is 308. The maximum Gasteiger partial charge on any atom is 0.316 e. The van der Waals surface area contributed by atoms with Gasteiger partial charge >= 0.3 is 6.01 Å². The van der Waals surface area contributed by atoms with E-state index in [1.54, 1.807) is 18.5 Å². The van der Waals surface area contributed by atoms with Crippen molar-refractivity contribution < 1.29 is 11.2 Å². The van der Waals surface area contributed by atoms with Crippen LogP contribution in [0.25, 0.3) is 0 Å². The third-order valence-electron chi connectivity index (χ3n) is 2.32. The molecule has 76 valence electrons. The van der Waals surface area contributed by atoms with Crippen LogP contribution in [0.3, 0.4) is 0 Å². The lowest BCUT2D eigenvalue weighted by Crippen LogP contribution is -2.27. The van der Waals surface area contributed by atoms with E-state index in [4.69, 9.17) is 6.11 Å². The van der Waals surface area contributed by atoms with Crippen LogP contribution in [0.2, 0.25) is 0 Å². The van der Waals surface area contributed by atoms with Crippen molar-refractivity contribution in [2.45, 2.75) is 37.9 Å². The van der Waals surface area contributed by atoms with Crippen molar-refractivity contribution in [3.8, 4) is 6.01 Å². The largest absolute Gasteiger partial charge is 0.460 e. The van der Waals surface area contributed by atoms with Gasteiger partial charge in [0.05, 0.1) is 7.45 Å². The van der Waals surface area contributed by atoms with Gasteiger partial charge in [-0.25, -0.2) is 9.97 Å². The van der Waals surface area contributed by atoms with Gasteiger partial charge < -0.3 is 9.84 Å². The molecule has 0 aromatic carbocycles. The predicted molar refractivity (Wildman–Crippen MR) is 50.9 cm³/mol. The van der Waals surface area contributed by atoms with Gasteiger partial charge in [-0.2, -0.15) is 0 Å². The first-order valence-electron chi connectivity index (χ1n) is 5.32. The summed E-state index contributed by atoms with van der Waals surface area (Å²) in [5, 5.41) is 9.44. The standard InChI is InChI=1S/C10H14N2O2/c13-8-2-4-9(5-3-8)14-10-11-6-1-7-12-10/h1,6-9,13H,2-5H2/i8D. The lowest BCUT2D eigenvalue weighted by Gasteiger charge is -2.24. The minimum Gasteiger partial charge on any atom is -0.460 e. The van der Waals surface area contributed by atoms with Crippen molar-refractivity contribution in [2.75, 3.05) is 0 Å². The van der Waals surface area contributed by atoms with Crippen molar-refractivity contribution in [1.29, 1.82) is 0 Å². The molecule has 0 spiro atoms. The van der Waals surface area contributed by atoms with Gasteiger partial charge in [-0.05, 0) is 31.7 Å². The van der Waals surface area contributed by atoms with Gasteiger partial charge in [-0.15, -0.1) is 0 Å². The normalized spacial score (nSPS) is 33.5. The van der Waals surface area contributed by atoms with E-state index < -0.39 is 6.08 Å². The highest BCUT2D eigenvalue weighted by Gasteiger charge is 2.21. The fourth-order valence-corrected chi connectivity index (χ4v) is 1.54. The second-order valence-corrected chi connectivity index (χ2v) is 3.41. The first-order valence-corrected chi connectivity index (χ1v) is 4.82. The lowest BCUT2D eigenvalue weighted by molar-refractivity contribution is 0.0618. The van der Waals surface area contributed by atoms with Crippen LogP contribution < -0.4 is 4.74 Å². The van der Waals surface area contributed by atoms with Crippen molar-refractivity contribution in [2.24, 2.45) is 0 Å². The van der Waals surface area contributed by atoms with E-state index in [1.165, 1.54) is 0 Å². The molecule has 1 aliphatic carbocycles. The van der Waals surface area contributed by atoms with Crippen LogP contribution in [-0.4, -0.2) is 27.3 Å². The summed E-state index contributed by atoms with van der Waals surface area (Å²) in [6, 6.07) is 2.11. The minimum absolute atomic E-state index is 0.0259. The second kappa shape index (κ2) is 4.37. The Balaban J connectivity index is 1.88. The van der Waals surface area contributed by atoms with Crippen LogP contribution in [-0.2, 0) is 0 Å². The molecule has 1 N–H and O–H groups in total. The molecule has 2 rings (SSSR count). The summed E-state index contributed by atoms with van der Waals surface area (Å²) in [7, 11) is 0. The molecule has 14 heavy (non-hydrogen) atoms. The molecule has 0 atom stereocenters. The Kier molecular flexibility index (Phi) is 2.55. The molecule has 1 aromatic rings. The van der Waals surface area contributed by atoms with Crippen LogP contribution >= 0.6 is 0 Å². The van der Waals surface area contributed by atoms with E-state index in [2.05, 4.69) is 9.97 Å². The van der Waals surface area contributed by atoms with Gasteiger partial charge in [0.1, 0.15) is 6.10 Å². The summed E-state index contributed by atoms with van der Waals surface area (Å²) >= 11 is 0. The fraction of sp³-hybridized carbons (Fsp3) is 0.600. The smallest absolute Gasteiger partial charge is 0.316 e. The van der Waals surface area contributed by atoms with Gasteiger partial charge in [0, 0.05) is 12.4 Å². The molecule has 1 saturated carbocycles. The highest BCUT2D eigenvalue weighted by Crippen LogP contribution is 2.21. The van der Waals surface area contributed by atoms with Crippen LogP contribution in [0, 0.1) is 0 Å². The zero-order chi connectivity index (χ0) is 10.7. The van der Waals surface area contributed by atoms with E-state index in [0.717, 1.165) is 0 Å². The molecule has 0 aliphatic heterocycles. The Morgan fingerprint density at radius 3 is 2.57 bits per heavy atom. The quantitative estimate of drug-likeness (QED) is 0.769. The van der Waals surface area contributed by atoms with Crippen LogP contribution in [0.15, 0.2) is 18.5 Å². The van der Waals surface area contributed by atoms with E-state index >= 15 is 0 Å². The first kappa shape index (κ1) is 8.17. The highest BCUT2D eigenvalue weighted by atomic mass is 16.5. The molecule has 0 bridgehead atoms. The lowest BCUT2D eigenvalue weighted by atomic mass is 9.95. The number of aromatic nitrogens is 2. The van der Waals surface area contributed by atoms with E-state index in [-0.39, 0.29) is 6.10 Å². The van der Waals surface area contributed by atoms with Gasteiger partial charge in [0.2, 0.25) is 0 Å². The summed E-state index contributed by atoms with van der Waals surface area (Å²) in [5.74, 6) is 0. The fourth-order valence-electron chi connectivity index (χ4n) is 1.54. The molecule has 1 aliphatic rings. The summed E-state index contributed by atoms with van der Waals surface area (Å²) in [5.41, 5.74) is 0. The third kappa shape index (κ3) is 2.42. The number of rotatable bonds is 2. The van der Waals surface area contributed by atoms with Crippen molar-refractivity contribution >= 4 is 0 Å². The molecule has 1 heterocycles. The summed E-state index contributed by atoms with van der Waals surface area (Å²) in [6.07, 6.45) is 4.28. The van der Waals surface area contributed by atoms with Gasteiger partial charge in [-0.1, -0.05) is 0 Å². The molecule has 4 nitrogen and oxygen atoms in total. The summed E-state index contributed by atoms with van der Waals surface area (Å²) in [6.45, 7) is 0. The number of hydrogen-bond acceptors (Lipinski definition) is 4. The van der Waals surface area contributed by atoms with E-state index in [1.807, 2.05) is 0 Å². The highest BCUT2D eigenvalue weighted by molar-refractivity contribution is 4.94. The monoisotopic (exact) mass is 195 g/mol. The Labute approximate surface area is 84.4 Å². The molecular formula is C10H14N2O2. The molecule has 0 amide bonds. The molecule has 1 aromatic heterocycles. The predicted octanol–water partition coefficient (Wildman–Crippen LogP) is 1.16. The SMILES string of the molecule is [2H]C1(O)CCC(Oc2ncccn2)CC1. The van der Waals surface area contributed by atoms with Crippen molar-refractivity contribution in [3.05, 3.63) is 18.5 Å². The van der Waals surface area contributed by atoms with E-state index in [9.17, 15) is 5.11 Å². The van der Waals surface area contributed by atoms with Gasteiger partial charge in [0.25, 0.3) is 0 Å². The minimum atomic E-state index is -1.27. The number of nitrogens with zero attached hydrogens (tertiary/aromatic N) is 2. The van der Waals surface area contributed by atoms with Gasteiger partial charge in [-0.3, -0.25) is 0 Å². The second-order valence-electron chi connectivity index (χ2n) is 3.41. The Morgan fingerprint density at radius 2 is 1.93 bits per heavy atom. The number of hydrogen-bond donors (Lipinski definition) is 1. The van der Waals surface area contributed by atoms with Crippen LogP contribution in [0.5, 0.6) is 6.01 Å². The average molecular weight is 195 g/mol. The third-order valence-corrected chi connectivity index (χ3v) is 2.32. The average Bonchev–Trinajstić information content (AvgIpc) is 2.23. The maximum absolute atomic E-state index is 9.44. The first-order chi connectivity index (χ1) is 7.16. The van der Waals surface area contributed by atoms with Gasteiger partial charge in [0.15, 0.2) is 0 Å². The van der Waals surface area contributed by atoms with Crippen LogP contribution in [0.4, 0.5) is 0 Å². The molecule has 0 saturated heterocycles. The topological polar surface area (TPSA) is 55.2 Å². The van der Waals surface area contributed by atoms with Crippen molar-refractivity contribution in [3.63, 3.8) is 0 Å². The molecule has 4 heteroatoms. The zero-order valence-electron chi connectivity index (χ0n) is 8.89. The Morgan fingerprint density at radius 1 is 1.29 bits per heavy atom. The van der Waals surface area contributed by atoms with Crippen LogP contribution in [0.1, 0.15) is 27.1 Å². The summed E-state index contributed by atoms with van der Waals surface area (Å²) < 4.78 is 13.0. The number of aliphatic hydroxyl groups is 1. The van der Waals surface area contributed by atoms with E-state index in [0.29, 0.717) is 31.7 Å². The molecule has 1 fully saturated rings. The Hall–Kier alpha value is -1.16. The zero-order valence-corrected chi connectivity index (χ0v) is 7.89.